The van der Waals surface area contributed by atoms with Crippen molar-refractivity contribution in [1.82, 2.24) is 0 Å². The average Bonchev–Trinajstić information content (AvgIpc) is 2.92. The Morgan fingerprint density at radius 3 is 1.42 bits per heavy atom. The van der Waals surface area contributed by atoms with Crippen LogP contribution in [0.4, 0.5) is 0 Å². The second-order valence-electron chi connectivity index (χ2n) is 4.12. The minimum atomic E-state index is 0. The van der Waals surface area contributed by atoms with Crippen LogP contribution in [0, 0.1) is 12.2 Å². The molecule has 0 radical (unpaired) electrons. The molecule has 0 aromatic carbocycles. The molecule has 0 unspecified atom stereocenters. The second-order valence-corrected chi connectivity index (χ2v) is 4.12. The molecule has 0 spiro atoms. The molecule has 0 bridgehead atoms. The molecule has 0 fully saturated rings. The Kier molecular flexibility index (Phi) is 20.8. The van der Waals surface area contributed by atoms with E-state index in [-0.39, 0.29) is 46.5 Å². The van der Waals surface area contributed by atoms with E-state index < -0.39 is 0 Å². The second kappa shape index (κ2) is 16.3. The van der Waals surface area contributed by atoms with Crippen LogP contribution < -0.4 is 0 Å². The van der Waals surface area contributed by atoms with E-state index in [0.29, 0.717) is 0 Å². The van der Waals surface area contributed by atoms with Gasteiger partial charge in [0.1, 0.15) is 0 Å². The molecule has 3 heteroatoms. The molecule has 0 N–H and O–H groups in total. The van der Waals surface area contributed by atoms with Gasteiger partial charge < -0.3 is 0 Å². The van der Waals surface area contributed by atoms with Gasteiger partial charge in [-0.1, -0.05) is 39.5 Å². The Balaban J connectivity index is -0.000000233. The first kappa shape index (κ1) is 24.3. The number of rotatable bonds is 4. The maximum absolute atomic E-state index is 3.26. The van der Waals surface area contributed by atoms with Crippen LogP contribution in [-0.4, -0.2) is 0 Å². The summed E-state index contributed by atoms with van der Waals surface area (Å²) >= 11 is 0. The molecule has 2 aliphatic rings. The van der Waals surface area contributed by atoms with Crippen LogP contribution in [0.25, 0.3) is 0 Å². The first-order valence-electron chi connectivity index (χ1n) is 6.39. The van der Waals surface area contributed by atoms with Crippen molar-refractivity contribution >= 4 is 24.8 Å². The van der Waals surface area contributed by atoms with Gasteiger partial charge in [-0.05, 0) is 0 Å². The van der Waals surface area contributed by atoms with E-state index in [2.05, 4.69) is 50.3 Å². The third-order valence-electron chi connectivity index (χ3n) is 2.57. The van der Waals surface area contributed by atoms with Crippen molar-refractivity contribution in [2.45, 2.75) is 52.4 Å². The van der Waals surface area contributed by atoms with Crippen LogP contribution in [0.15, 0.2) is 35.5 Å². The van der Waals surface area contributed by atoms with Crippen molar-refractivity contribution in [1.29, 1.82) is 0 Å². The summed E-state index contributed by atoms with van der Waals surface area (Å²) in [4.78, 5) is 0. The summed E-state index contributed by atoms with van der Waals surface area (Å²) < 4.78 is 0. The fraction of sp³-hybridized carbons (Fsp3) is 0.500. The molecule has 0 aromatic heterocycles. The molecule has 0 atom stereocenters. The van der Waals surface area contributed by atoms with E-state index in [1.54, 1.807) is 0 Å². The van der Waals surface area contributed by atoms with Crippen molar-refractivity contribution in [2.24, 2.45) is 0 Å². The SMILES string of the molecule is CCCC1=[C-]CC=C1.CCCC1=[C-]CC=C1.Cl.Cl.[Ti+2]. The summed E-state index contributed by atoms with van der Waals surface area (Å²) in [6, 6.07) is 0. The number of halogens is 2. The third-order valence-corrected chi connectivity index (χ3v) is 2.57. The molecule has 0 saturated carbocycles. The topological polar surface area (TPSA) is 0 Å². The summed E-state index contributed by atoms with van der Waals surface area (Å²) in [6.45, 7) is 4.39. The van der Waals surface area contributed by atoms with Gasteiger partial charge in [-0.15, -0.1) is 37.7 Å². The zero-order valence-electron chi connectivity index (χ0n) is 11.9. The summed E-state index contributed by atoms with van der Waals surface area (Å²) in [5, 5.41) is 0. The van der Waals surface area contributed by atoms with Crippen molar-refractivity contribution < 1.29 is 21.7 Å². The first-order chi connectivity index (χ1) is 7.86. The van der Waals surface area contributed by atoms with Gasteiger partial charge in [-0.2, -0.15) is 12.2 Å². The zero-order valence-corrected chi connectivity index (χ0v) is 15.1. The van der Waals surface area contributed by atoms with Crippen LogP contribution >= 0.6 is 24.8 Å². The molecular formula is C16H24Cl2Ti. The average molecular weight is 335 g/mol. The maximum Gasteiger partial charge on any atom is 2.00 e. The normalized spacial score (nSPS) is 14.2. The maximum atomic E-state index is 3.26. The van der Waals surface area contributed by atoms with Crippen LogP contribution in [0.3, 0.4) is 0 Å². The van der Waals surface area contributed by atoms with Crippen molar-refractivity contribution in [3.8, 4) is 0 Å². The van der Waals surface area contributed by atoms with Crippen molar-refractivity contribution in [2.75, 3.05) is 0 Å². The molecule has 19 heavy (non-hydrogen) atoms. The van der Waals surface area contributed by atoms with Gasteiger partial charge >= 0.3 is 21.7 Å². The fourth-order valence-corrected chi connectivity index (χ4v) is 1.78. The van der Waals surface area contributed by atoms with E-state index in [1.807, 2.05) is 0 Å². The van der Waals surface area contributed by atoms with Gasteiger partial charge in [0.2, 0.25) is 0 Å². The molecule has 0 saturated heterocycles. The minimum absolute atomic E-state index is 0. The molecule has 0 heterocycles. The Hall–Kier alpha value is 0.254. The molecule has 2 rings (SSSR count). The predicted octanol–water partition coefficient (Wildman–Crippen LogP) is 5.79. The Labute approximate surface area is 146 Å². The molecule has 0 aliphatic heterocycles. The first-order valence-corrected chi connectivity index (χ1v) is 6.39. The Bertz CT molecular complexity index is 283. The van der Waals surface area contributed by atoms with E-state index in [0.717, 1.165) is 12.8 Å². The molecule has 0 amide bonds. The van der Waals surface area contributed by atoms with Crippen molar-refractivity contribution in [3.05, 3.63) is 47.6 Å². The quantitative estimate of drug-likeness (QED) is 0.450. The molecule has 106 valence electrons. The molecule has 0 nitrogen and oxygen atoms in total. The number of allylic oxidation sites excluding steroid dienone is 8. The number of hydrogen-bond donors (Lipinski definition) is 0. The minimum Gasteiger partial charge on any atom is -0.269 e. The predicted molar refractivity (Wildman–Crippen MR) is 85.3 cm³/mol. The molecule has 2 aliphatic carbocycles. The van der Waals surface area contributed by atoms with E-state index in [4.69, 9.17) is 0 Å². The standard InChI is InChI=1S/2C8H11.2ClH.Ti/c2*1-2-5-8-6-3-4-7-8;;;/h2*3,6H,2,4-5H2,1H3;2*1H;/q2*-1;;;+2. The Morgan fingerprint density at radius 1 is 0.842 bits per heavy atom. The van der Waals surface area contributed by atoms with Crippen LogP contribution in [0.5, 0.6) is 0 Å². The van der Waals surface area contributed by atoms with Gasteiger partial charge in [0.15, 0.2) is 0 Å². The van der Waals surface area contributed by atoms with Crippen LogP contribution in [-0.2, 0) is 21.7 Å². The Morgan fingerprint density at radius 2 is 1.21 bits per heavy atom. The summed E-state index contributed by atoms with van der Waals surface area (Å²) in [7, 11) is 0. The van der Waals surface area contributed by atoms with Gasteiger partial charge in [0.25, 0.3) is 0 Å². The monoisotopic (exact) mass is 334 g/mol. The smallest absolute Gasteiger partial charge is 0.269 e. The summed E-state index contributed by atoms with van der Waals surface area (Å²) in [6.07, 6.45) is 22.2. The fourth-order valence-electron chi connectivity index (χ4n) is 1.78. The van der Waals surface area contributed by atoms with E-state index in [9.17, 15) is 0 Å². The van der Waals surface area contributed by atoms with Gasteiger partial charge in [0, 0.05) is 0 Å². The van der Waals surface area contributed by atoms with Gasteiger partial charge in [-0.25, -0.2) is 23.3 Å². The summed E-state index contributed by atoms with van der Waals surface area (Å²) in [5.74, 6) is 0. The third kappa shape index (κ3) is 11.8. The molecular weight excluding hydrogens is 311 g/mol. The largest absolute Gasteiger partial charge is 2.00 e. The number of hydrogen-bond acceptors (Lipinski definition) is 0. The van der Waals surface area contributed by atoms with Crippen LogP contribution in [0.2, 0.25) is 0 Å². The zero-order chi connectivity index (χ0) is 11.6. The van der Waals surface area contributed by atoms with Crippen LogP contribution in [0.1, 0.15) is 52.4 Å². The van der Waals surface area contributed by atoms with E-state index in [1.165, 1.54) is 36.8 Å². The summed E-state index contributed by atoms with van der Waals surface area (Å²) in [5.41, 5.74) is 2.79. The van der Waals surface area contributed by atoms with E-state index >= 15 is 0 Å². The van der Waals surface area contributed by atoms with Crippen molar-refractivity contribution in [3.63, 3.8) is 0 Å². The van der Waals surface area contributed by atoms with Gasteiger partial charge in [-0.3, -0.25) is 12.2 Å². The molecule has 0 aromatic rings. The van der Waals surface area contributed by atoms with Gasteiger partial charge in [0.05, 0.1) is 0 Å².